The lowest BCUT2D eigenvalue weighted by atomic mass is 9.74. The lowest BCUT2D eigenvalue weighted by Crippen LogP contribution is -2.48. The molecule has 4 nitrogen and oxygen atoms in total. The van der Waals surface area contributed by atoms with Gasteiger partial charge in [0.25, 0.3) is 0 Å². The Morgan fingerprint density at radius 3 is 2.80 bits per heavy atom. The number of aliphatic hydroxyl groups excluding tert-OH is 1. The number of methoxy groups -OCH3 is 1. The Bertz CT molecular complexity index is 475. The van der Waals surface area contributed by atoms with Crippen molar-refractivity contribution >= 4 is 11.6 Å². The van der Waals surface area contributed by atoms with E-state index in [0.717, 1.165) is 30.7 Å². The van der Waals surface area contributed by atoms with Crippen LogP contribution in [0.4, 0.5) is 0 Å². The summed E-state index contributed by atoms with van der Waals surface area (Å²) in [4.78, 5) is 0. The van der Waals surface area contributed by atoms with Crippen LogP contribution in [0, 0.1) is 12.8 Å². The average molecular weight is 301 g/mol. The maximum atomic E-state index is 10.7. The fourth-order valence-corrected chi connectivity index (χ4v) is 3.68. The molecule has 3 unspecified atom stereocenters. The number of halogens is 1. The third kappa shape index (κ3) is 2.87. The van der Waals surface area contributed by atoms with Gasteiger partial charge in [-0.3, -0.25) is 4.68 Å². The van der Waals surface area contributed by atoms with E-state index in [1.165, 1.54) is 6.42 Å². The van der Waals surface area contributed by atoms with Crippen LogP contribution in [0.5, 0.6) is 0 Å². The van der Waals surface area contributed by atoms with Crippen molar-refractivity contribution in [2.45, 2.75) is 57.7 Å². The molecule has 0 bridgehead atoms. The number of hydrogen-bond acceptors (Lipinski definition) is 3. The van der Waals surface area contributed by atoms with Crippen molar-refractivity contribution in [2.24, 2.45) is 13.0 Å². The first-order chi connectivity index (χ1) is 9.39. The molecule has 1 saturated carbocycles. The molecule has 1 heterocycles. The smallest absolute Gasteiger partial charge is 0.0942 e. The summed E-state index contributed by atoms with van der Waals surface area (Å²) in [6.45, 7) is 4.10. The van der Waals surface area contributed by atoms with Gasteiger partial charge in [0.2, 0.25) is 0 Å². The Balaban J connectivity index is 2.19. The fraction of sp³-hybridized carbons (Fsp3) is 0.800. The van der Waals surface area contributed by atoms with E-state index in [0.29, 0.717) is 17.4 Å². The molecule has 1 aromatic rings. The number of rotatable bonds is 4. The van der Waals surface area contributed by atoms with Crippen LogP contribution in [0.2, 0.25) is 5.02 Å². The van der Waals surface area contributed by atoms with Gasteiger partial charge < -0.3 is 9.84 Å². The Kier molecular flexibility index (Phi) is 4.77. The highest BCUT2D eigenvalue weighted by molar-refractivity contribution is 6.31. The van der Waals surface area contributed by atoms with E-state index in [4.69, 9.17) is 16.3 Å². The van der Waals surface area contributed by atoms with Gasteiger partial charge in [0.15, 0.2) is 0 Å². The van der Waals surface area contributed by atoms with Gasteiger partial charge in [-0.15, -0.1) is 0 Å². The van der Waals surface area contributed by atoms with Crippen LogP contribution < -0.4 is 0 Å². The Hall–Kier alpha value is -0.580. The topological polar surface area (TPSA) is 47.3 Å². The van der Waals surface area contributed by atoms with Gasteiger partial charge in [-0.25, -0.2) is 0 Å². The Labute approximate surface area is 126 Å². The monoisotopic (exact) mass is 300 g/mol. The summed E-state index contributed by atoms with van der Waals surface area (Å²) in [6.07, 6.45) is 4.05. The SMILES string of the molecule is COC1(C(O)Cc2c(Cl)c(C)nn2C)CCCC(C)C1. The molecule has 0 aliphatic heterocycles. The maximum Gasteiger partial charge on any atom is 0.0942 e. The highest BCUT2D eigenvalue weighted by Gasteiger charge is 2.42. The summed E-state index contributed by atoms with van der Waals surface area (Å²) in [5.41, 5.74) is 1.24. The molecule has 0 radical (unpaired) electrons. The molecule has 1 N–H and O–H groups in total. The summed E-state index contributed by atoms with van der Waals surface area (Å²) in [7, 11) is 3.57. The summed E-state index contributed by atoms with van der Waals surface area (Å²) in [5, 5.41) is 15.7. The number of hydrogen-bond donors (Lipinski definition) is 1. The minimum Gasteiger partial charge on any atom is -0.390 e. The second-order valence-corrected chi connectivity index (χ2v) is 6.54. The zero-order valence-electron chi connectivity index (χ0n) is 12.8. The van der Waals surface area contributed by atoms with Crippen molar-refractivity contribution in [2.75, 3.05) is 7.11 Å². The summed E-state index contributed by atoms with van der Waals surface area (Å²) in [5.74, 6) is 0.585. The van der Waals surface area contributed by atoms with Gasteiger partial charge in [-0.05, 0) is 25.7 Å². The van der Waals surface area contributed by atoms with E-state index < -0.39 is 11.7 Å². The third-order valence-corrected chi connectivity index (χ3v) is 5.14. The highest BCUT2D eigenvalue weighted by Crippen LogP contribution is 2.38. The third-order valence-electron chi connectivity index (χ3n) is 4.65. The molecule has 20 heavy (non-hydrogen) atoms. The number of nitrogens with zero attached hydrogens (tertiary/aromatic N) is 2. The van der Waals surface area contributed by atoms with Gasteiger partial charge in [0.05, 0.1) is 28.1 Å². The van der Waals surface area contributed by atoms with Gasteiger partial charge in [-0.1, -0.05) is 31.4 Å². The molecule has 0 aromatic carbocycles. The number of ether oxygens (including phenoxy) is 1. The molecule has 0 saturated heterocycles. The van der Waals surface area contributed by atoms with E-state index in [1.54, 1.807) is 11.8 Å². The second kappa shape index (κ2) is 6.04. The zero-order chi connectivity index (χ0) is 14.9. The number of aromatic nitrogens is 2. The van der Waals surface area contributed by atoms with E-state index in [9.17, 15) is 5.11 Å². The van der Waals surface area contributed by atoms with Gasteiger partial charge in [0.1, 0.15) is 0 Å². The molecule has 5 heteroatoms. The maximum absolute atomic E-state index is 10.7. The van der Waals surface area contributed by atoms with Crippen LogP contribution >= 0.6 is 11.6 Å². The Morgan fingerprint density at radius 2 is 2.30 bits per heavy atom. The molecule has 1 aliphatic carbocycles. The van der Waals surface area contributed by atoms with E-state index in [1.807, 2.05) is 14.0 Å². The number of aliphatic hydroxyl groups is 1. The van der Waals surface area contributed by atoms with Crippen molar-refractivity contribution < 1.29 is 9.84 Å². The predicted molar refractivity (Wildman–Crippen MR) is 80.0 cm³/mol. The lowest BCUT2D eigenvalue weighted by molar-refractivity contribution is -0.131. The van der Waals surface area contributed by atoms with Crippen LogP contribution in [-0.2, 0) is 18.2 Å². The van der Waals surface area contributed by atoms with Crippen molar-refractivity contribution in [3.05, 3.63) is 16.4 Å². The van der Waals surface area contributed by atoms with E-state index in [2.05, 4.69) is 12.0 Å². The molecular formula is C15H25ClN2O2. The molecule has 2 rings (SSSR count). The highest BCUT2D eigenvalue weighted by atomic mass is 35.5. The van der Waals surface area contributed by atoms with Crippen molar-refractivity contribution in [1.29, 1.82) is 0 Å². The summed E-state index contributed by atoms with van der Waals surface area (Å²) in [6, 6.07) is 0. The zero-order valence-corrected chi connectivity index (χ0v) is 13.6. The molecule has 0 amide bonds. The minimum absolute atomic E-state index is 0.445. The molecule has 114 valence electrons. The first-order valence-corrected chi connectivity index (χ1v) is 7.68. The molecule has 1 fully saturated rings. The van der Waals surface area contributed by atoms with Crippen LogP contribution in [0.3, 0.4) is 0 Å². The molecule has 1 aliphatic rings. The average Bonchev–Trinajstić information content (AvgIpc) is 2.65. The normalized spacial score (nSPS) is 28.6. The van der Waals surface area contributed by atoms with Crippen LogP contribution in [0.1, 0.15) is 44.0 Å². The van der Waals surface area contributed by atoms with E-state index in [-0.39, 0.29) is 0 Å². The number of aryl methyl sites for hydroxylation is 2. The van der Waals surface area contributed by atoms with Gasteiger partial charge in [0, 0.05) is 20.6 Å². The Morgan fingerprint density at radius 1 is 1.60 bits per heavy atom. The quantitative estimate of drug-likeness (QED) is 0.930. The molecular weight excluding hydrogens is 276 g/mol. The second-order valence-electron chi connectivity index (χ2n) is 6.16. The van der Waals surface area contributed by atoms with Crippen LogP contribution in [0.15, 0.2) is 0 Å². The first-order valence-electron chi connectivity index (χ1n) is 7.31. The molecule has 1 aromatic heterocycles. The van der Waals surface area contributed by atoms with Crippen molar-refractivity contribution in [3.8, 4) is 0 Å². The lowest BCUT2D eigenvalue weighted by Gasteiger charge is -2.42. The van der Waals surface area contributed by atoms with Crippen LogP contribution in [0.25, 0.3) is 0 Å². The van der Waals surface area contributed by atoms with Gasteiger partial charge >= 0.3 is 0 Å². The summed E-state index contributed by atoms with van der Waals surface area (Å²) < 4.78 is 7.51. The van der Waals surface area contributed by atoms with Crippen molar-refractivity contribution in [1.82, 2.24) is 9.78 Å². The molecule has 3 atom stereocenters. The minimum atomic E-state index is -0.553. The largest absolute Gasteiger partial charge is 0.390 e. The van der Waals surface area contributed by atoms with Crippen molar-refractivity contribution in [3.63, 3.8) is 0 Å². The summed E-state index contributed by atoms with van der Waals surface area (Å²) >= 11 is 6.28. The first kappa shape index (κ1) is 15.8. The molecule has 0 spiro atoms. The van der Waals surface area contributed by atoms with Crippen LogP contribution in [-0.4, -0.2) is 33.7 Å². The van der Waals surface area contributed by atoms with Gasteiger partial charge in [-0.2, -0.15) is 5.10 Å². The fourth-order valence-electron chi connectivity index (χ4n) is 3.44. The van der Waals surface area contributed by atoms with E-state index >= 15 is 0 Å². The standard InChI is InChI=1S/C15H25ClN2O2/c1-10-6-5-7-15(9-10,20-4)13(19)8-12-14(16)11(2)17-18(12)3/h10,13,19H,5-9H2,1-4H3. The predicted octanol–water partition coefficient (Wildman–Crippen LogP) is 2.88.